The van der Waals surface area contributed by atoms with Gasteiger partial charge in [0, 0.05) is 71.7 Å². The van der Waals surface area contributed by atoms with Gasteiger partial charge in [-0.15, -0.1) is 0 Å². The summed E-state index contributed by atoms with van der Waals surface area (Å²) in [7, 11) is 0. The van der Waals surface area contributed by atoms with Gasteiger partial charge in [0.2, 0.25) is 0 Å². The third kappa shape index (κ3) is 9.74. The van der Waals surface area contributed by atoms with E-state index in [1.807, 2.05) is 78.9 Å². The topological polar surface area (TPSA) is 100 Å². The summed E-state index contributed by atoms with van der Waals surface area (Å²) in [6, 6.07) is 112. The van der Waals surface area contributed by atoms with Crippen molar-refractivity contribution in [3.63, 3.8) is 0 Å². The first kappa shape index (κ1) is 53.6. The van der Waals surface area contributed by atoms with E-state index >= 15 is 0 Å². The molecule has 9 heteroatoms. The Kier molecular flexibility index (Phi) is 13.3. The molecule has 5 heterocycles. The Hall–Kier alpha value is -12.6. The van der Waals surface area contributed by atoms with Gasteiger partial charge < -0.3 is 9.13 Å². The van der Waals surface area contributed by atoms with Crippen LogP contribution in [0, 0.1) is 0 Å². The van der Waals surface area contributed by atoms with Crippen LogP contribution >= 0.6 is 0 Å². The van der Waals surface area contributed by atoms with Gasteiger partial charge in [-0.1, -0.05) is 255 Å². The number of rotatable bonds is 12. The highest BCUT2D eigenvalue weighted by Crippen LogP contribution is 2.46. The zero-order valence-electron chi connectivity index (χ0n) is 49.6. The molecule has 9 nitrogen and oxygen atoms in total. The quantitative estimate of drug-likeness (QED) is 0.120. The molecular weight excluding hydrogens is 1120 g/mol. The molecule has 0 aliphatic heterocycles. The summed E-state index contributed by atoms with van der Waals surface area (Å²) in [5, 5.41) is 4.28. The normalized spacial score (nSPS) is 11.5. The van der Waals surface area contributed by atoms with Gasteiger partial charge >= 0.3 is 0 Å². The van der Waals surface area contributed by atoms with E-state index in [1.54, 1.807) is 0 Å². The Morgan fingerprint density at radius 1 is 0.185 bits per heavy atom. The average molecular weight is 1180 g/mol. The minimum Gasteiger partial charge on any atom is -0.309 e. The lowest BCUT2D eigenvalue weighted by molar-refractivity contribution is 1.05. The molecule has 0 amide bonds. The first-order chi connectivity index (χ1) is 45.6. The van der Waals surface area contributed by atoms with E-state index < -0.39 is 0 Å². The Morgan fingerprint density at radius 2 is 0.500 bits per heavy atom. The number of benzene rings is 12. The molecule has 0 radical (unpaired) electrons. The Morgan fingerprint density at radius 3 is 0.935 bits per heavy atom. The molecule has 5 aromatic heterocycles. The summed E-state index contributed by atoms with van der Waals surface area (Å²) in [5.41, 5.74) is 18.7. The number of fused-ring (bicyclic) bond motifs is 6. The van der Waals surface area contributed by atoms with Crippen molar-refractivity contribution in [1.82, 2.24) is 44.0 Å². The largest absolute Gasteiger partial charge is 0.309 e. The maximum Gasteiger partial charge on any atom is 0.166 e. The summed E-state index contributed by atoms with van der Waals surface area (Å²) in [6.45, 7) is 0. The van der Waals surface area contributed by atoms with Crippen molar-refractivity contribution in [3.8, 4) is 124 Å². The van der Waals surface area contributed by atoms with E-state index in [4.69, 9.17) is 34.9 Å². The van der Waals surface area contributed by atoms with Gasteiger partial charge in [0.1, 0.15) is 0 Å². The average Bonchev–Trinajstić information content (AvgIpc) is 1.52. The van der Waals surface area contributed by atoms with E-state index in [9.17, 15) is 0 Å². The fourth-order valence-electron chi connectivity index (χ4n) is 12.8. The molecule has 0 aliphatic rings. The predicted molar refractivity (Wildman–Crippen MR) is 374 cm³/mol. The van der Waals surface area contributed by atoms with Crippen molar-refractivity contribution in [1.29, 1.82) is 0 Å². The highest BCUT2D eigenvalue weighted by molar-refractivity contribution is 6.14. The second kappa shape index (κ2) is 22.8. The maximum atomic E-state index is 5.61. The molecule has 17 rings (SSSR count). The van der Waals surface area contributed by atoms with Gasteiger partial charge in [0.15, 0.2) is 34.9 Å². The van der Waals surface area contributed by atoms with Crippen LogP contribution in [0.2, 0.25) is 0 Å². The molecule has 0 spiro atoms. The van der Waals surface area contributed by atoms with Gasteiger partial charge in [-0.2, -0.15) is 0 Å². The van der Waals surface area contributed by atoms with Gasteiger partial charge in [0.05, 0.1) is 39.1 Å². The van der Waals surface area contributed by atoms with E-state index in [0.717, 1.165) is 133 Å². The SMILES string of the molecule is c1ccc(-c2ccc3c(c2)c2cc(-c4ccccc4)ccc2n3-c2cc(-c3nc(-c4ccccc4)nc(-c4ccccc4)n3)c(-n3c4ccccc4c4cc(-c5cccc(-c6ccccc6)n5)ccc43)c(-c3nc(-c4ccccc4)nc(-c4ccccc4)n3)c2)cc1. The molecule has 0 N–H and O–H groups in total. The van der Waals surface area contributed by atoms with Gasteiger partial charge in [-0.3, -0.25) is 0 Å². The zero-order valence-corrected chi connectivity index (χ0v) is 49.6. The molecule has 92 heavy (non-hydrogen) atoms. The summed E-state index contributed by atoms with van der Waals surface area (Å²) in [6.07, 6.45) is 0. The van der Waals surface area contributed by atoms with Crippen molar-refractivity contribution >= 4 is 43.6 Å². The maximum absolute atomic E-state index is 5.61. The first-order valence-electron chi connectivity index (χ1n) is 30.8. The lowest BCUT2D eigenvalue weighted by atomic mass is 10.0. The van der Waals surface area contributed by atoms with Crippen LogP contribution in [0.1, 0.15) is 0 Å². The van der Waals surface area contributed by atoms with Crippen LogP contribution in [0.15, 0.2) is 322 Å². The molecule has 430 valence electrons. The van der Waals surface area contributed by atoms with Gasteiger partial charge in [0.25, 0.3) is 0 Å². The number of pyridine rings is 1. The van der Waals surface area contributed by atoms with Crippen LogP contribution in [-0.4, -0.2) is 44.0 Å². The molecule has 0 bridgehead atoms. The Bertz CT molecular complexity index is 5240. The van der Waals surface area contributed by atoms with Crippen LogP contribution in [0.5, 0.6) is 0 Å². The molecule has 0 fully saturated rings. The Balaban J connectivity index is 1.03. The standard InChI is InChI=1S/C83H53N9/c1-8-25-54(26-9-1)61-43-46-74-67(49-61)68-50-62(55-27-10-2-11-28-55)44-47-75(68)91(74)64-52-69(82-87-78(57-31-14-4-15-32-57)85-79(88-82)58-33-16-5-17-34-58)77(70(53-64)83-89-80(59-35-18-6-19-36-59)86-81(90-83)60-37-20-7-21-38-60)92-73-42-23-22-39-65(73)66-51-63(45-48-76(66)92)72-41-24-40-71(84-72)56-29-12-3-13-30-56/h1-53H. The monoisotopic (exact) mass is 1180 g/mol. The highest BCUT2D eigenvalue weighted by atomic mass is 15.1. The first-order valence-corrected chi connectivity index (χ1v) is 30.8. The van der Waals surface area contributed by atoms with E-state index in [2.05, 4.69) is 252 Å². The Labute approximate surface area is 530 Å². The van der Waals surface area contributed by atoms with Crippen molar-refractivity contribution in [2.75, 3.05) is 0 Å². The highest BCUT2D eigenvalue weighted by Gasteiger charge is 2.28. The summed E-state index contributed by atoms with van der Waals surface area (Å²) >= 11 is 0. The molecular formula is C83H53N9. The minimum atomic E-state index is 0.458. The summed E-state index contributed by atoms with van der Waals surface area (Å²) in [4.78, 5) is 38.3. The molecule has 12 aromatic carbocycles. The van der Waals surface area contributed by atoms with Crippen LogP contribution in [0.3, 0.4) is 0 Å². The molecule has 0 unspecified atom stereocenters. The lowest BCUT2D eigenvalue weighted by Gasteiger charge is -2.21. The number of hydrogen-bond acceptors (Lipinski definition) is 7. The van der Waals surface area contributed by atoms with Crippen LogP contribution in [0.4, 0.5) is 0 Å². The van der Waals surface area contributed by atoms with Crippen molar-refractivity contribution in [2.45, 2.75) is 0 Å². The third-order valence-electron chi connectivity index (χ3n) is 17.2. The van der Waals surface area contributed by atoms with Crippen molar-refractivity contribution in [3.05, 3.63) is 322 Å². The van der Waals surface area contributed by atoms with E-state index in [1.165, 1.54) is 0 Å². The molecule has 0 saturated carbocycles. The number of para-hydroxylation sites is 1. The van der Waals surface area contributed by atoms with Gasteiger partial charge in [-0.25, -0.2) is 34.9 Å². The molecule has 17 aromatic rings. The summed E-state index contributed by atoms with van der Waals surface area (Å²) < 4.78 is 4.75. The molecule has 0 aliphatic carbocycles. The van der Waals surface area contributed by atoms with Crippen LogP contribution in [-0.2, 0) is 0 Å². The second-order valence-corrected chi connectivity index (χ2v) is 22.9. The van der Waals surface area contributed by atoms with Crippen LogP contribution < -0.4 is 0 Å². The smallest absolute Gasteiger partial charge is 0.166 e. The van der Waals surface area contributed by atoms with E-state index in [-0.39, 0.29) is 0 Å². The van der Waals surface area contributed by atoms with E-state index in [0.29, 0.717) is 34.9 Å². The zero-order chi connectivity index (χ0) is 60.9. The minimum absolute atomic E-state index is 0.458. The molecule has 0 saturated heterocycles. The predicted octanol–water partition coefficient (Wildman–Crippen LogP) is 20.3. The third-order valence-corrected chi connectivity index (χ3v) is 17.2. The summed E-state index contributed by atoms with van der Waals surface area (Å²) in [5.74, 6) is 3.03. The fourth-order valence-corrected chi connectivity index (χ4v) is 12.8. The number of nitrogens with zero attached hydrogens (tertiary/aromatic N) is 9. The van der Waals surface area contributed by atoms with Gasteiger partial charge in [-0.05, 0) is 89.0 Å². The lowest BCUT2D eigenvalue weighted by Crippen LogP contribution is -2.09. The fraction of sp³-hybridized carbons (Fsp3) is 0. The number of aromatic nitrogens is 9. The molecule has 0 atom stereocenters. The number of hydrogen-bond donors (Lipinski definition) is 0. The second-order valence-electron chi connectivity index (χ2n) is 22.9. The van der Waals surface area contributed by atoms with Crippen molar-refractivity contribution in [2.24, 2.45) is 0 Å². The van der Waals surface area contributed by atoms with Crippen molar-refractivity contribution < 1.29 is 0 Å². The van der Waals surface area contributed by atoms with Crippen LogP contribution in [0.25, 0.3) is 168 Å².